The topological polar surface area (TPSA) is 67.3 Å². The molecule has 6 nitrogen and oxygen atoms in total. The van der Waals surface area contributed by atoms with Crippen molar-refractivity contribution in [3.8, 4) is 0 Å². The van der Waals surface area contributed by atoms with Crippen LogP contribution in [-0.4, -0.2) is 53.9 Å². The fourth-order valence-electron chi connectivity index (χ4n) is 2.94. The van der Waals surface area contributed by atoms with E-state index in [1.165, 1.54) is 33.0 Å². The predicted molar refractivity (Wildman–Crippen MR) is 69.9 cm³/mol. The number of ether oxygens (including phenoxy) is 1. The van der Waals surface area contributed by atoms with E-state index in [-0.39, 0.29) is 5.69 Å². The molecule has 0 aromatic carbocycles. The van der Waals surface area contributed by atoms with Gasteiger partial charge in [0.25, 0.3) is 0 Å². The summed E-state index contributed by atoms with van der Waals surface area (Å²) < 4.78 is 4.60. The second-order valence-electron chi connectivity index (χ2n) is 5.18. The number of fused-ring (bicyclic) bond motifs is 3. The molecule has 1 N–H and O–H groups in total. The predicted octanol–water partition coefficient (Wildman–Crippen LogP) is 0.769. The van der Waals surface area contributed by atoms with Crippen molar-refractivity contribution >= 4 is 11.8 Å². The summed E-state index contributed by atoms with van der Waals surface area (Å²) in [6.07, 6.45) is 2.51. The van der Waals surface area contributed by atoms with Crippen LogP contribution in [-0.2, 0) is 4.74 Å². The van der Waals surface area contributed by atoms with Crippen molar-refractivity contribution in [3.63, 3.8) is 0 Å². The standard InChI is InChI=1S/C13H18N4O2/c1-19-13(18)10-2-3-12(16-15-10)14-11-8-17-6-4-9(11)5-7-17/h2-3,9,11H,4-8H2,1H3,(H,14,16). The van der Waals surface area contributed by atoms with Crippen LogP contribution < -0.4 is 5.32 Å². The van der Waals surface area contributed by atoms with E-state index in [2.05, 4.69) is 25.2 Å². The Balaban J connectivity index is 1.65. The van der Waals surface area contributed by atoms with Gasteiger partial charge >= 0.3 is 5.97 Å². The molecular formula is C13H18N4O2. The molecule has 4 heterocycles. The van der Waals surface area contributed by atoms with Gasteiger partial charge in [0, 0.05) is 12.6 Å². The van der Waals surface area contributed by atoms with E-state index in [0.717, 1.165) is 18.3 Å². The van der Waals surface area contributed by atoms with Gasteiger partial charge in [0.1, 0.15) is 5.82 Å². The minimum atomic E-state index is -0.457. The summed E-state index contributed by atoms with van der Waals surface area (Å²) >= 11 is 0. The molecule has 0 saturated carbocycles. The van der Waals surface area contributed by atoms with Crippen LogP contribution in [0.5, 0.6) is 0 Å². The van der Waals surface area contributed by atoms with E-state index >= 15 is 0 Å². The molecule has 1 atom stereocenters. The Morgan fingerprint density at radius 2 is 2.16 bits per heavy atom. The summed E-state index contributed by atoms with van der Waals surface area (Å²) in [7, 11) is 1.34. The molecule has 6 heteroatoms. The van der Waals surface area contributed by atoms with Crippen LogP contribution in [0.2, 0.25) is 0 Å². The van der Waals surface area contributed by atoms with E-state index in [1.54, 1.807) is 12.1 Å². The Labute approximate surface area is 112 Å². The number of aromatic nitrogens is 2. The maximum absolute atomic E-state index is 11.3. The lowest BCUT2D eigenvalue weighted by Gasteiger charge is -2.45. The number of anilines is 1. The normalized spacial score (nSPS) is 29.0. The second kappa shape index (κ2) is 5.13. The van der Waals surface area contributed by atoms with E-state index in [0.29, 0.717) is 6.04 Å². The Morgan fingerprint density at radius 3 is 2.68 bits per heavy atom. The zero-order chi connectivity index (χ0) is 13.2. The van der Waals surface area contributed by atoms with Crippen molar-refractivity contribution in [2.45, 2.75) is 18.9 Å². The Hall–Kier alpha value is -1.69. The fourth-order valence-corrected chi connectivity index (χ4v) is 2.94. The molecule has 3 aliphatic heterocycles. The van der Waals surface area contributed by atoms with E-state index in [9.17, 15) is 4.79 Å². The average molecular weight is 262 g/mol. The van der Waals surface area contributed by atoms with Crippen LogP contribution in [0, 0.1) is 5.92 Å². The number of carbonyl (C=O) groups excluding carboxylic acids is 1. The van der Waals surface area contributed by atoms with E-state index in [4.69, 9.17) is 0 Å². The lowest BCUT2D eigenvalue weighted by Crippen LogP contribution is -2.53. The lowest BCUT2D eigenvalue weighted by atomic mass is 9.84. The van der Waals surface area contributed by atoms with Crippen LogP contribution in [0.1, 0.15) is 23.3 Å². The monoisotopic (exact) mass is 262 g/mol. The molecule has 1 aromatic rings. The quantitative estimate of drug-likeness (QED) is 0.812. The number of hydrogen-bond acceptors (Lipinski definition) is 6. The summed E-state index contributed by atoms with van der Waals surface area (Å²) in [6, 6.07) is 3.88. The molecule has 0 radical (unpaired) electrons. The van der Waals surface area contributed by atoms with Crippen LogP contribution in [0.3, 0.4) is 0 Å². The van der Waals surface area contributed by atoms with Gasteiger partial charge in [-0.3, -0.25) is 0 Å². The molecule has 3 fully saturated rings. The maximum Gasteiger partial charge on any atom is 0.358 e. The SMILES string of the molecule is COC(=O)c1ccc(NC2CN3CCC2CC3)nn1. The van der Waals surface area contributed by atoms with Gasteiger partial charge in [0.05, 0.1) is 7.11 Å². The third kappa shape index (κ3) is 2.53. The van der Waals surface area contributed by atoms with Crippen molar-refractivity contribution in [3.05, 3.63) is 17.8 Å². The van der Waals surface area contributed by atoms with Crippen LogP contribution in [0.4, 0.5) is 5.82 Å². The van der Waals surface area contributed by atoms with Crippen molar-refractivity contribution in [1.82, 2.24) is 15.1 Å². The first-order valence-corrected chi connectivity index (χ1v) is 6.67. The molecule has 4 rings (SSSR count). The van der Waals surface area contributed by atoms with Gasteiger partial charge in [-0.15, -0.1) is 10.2 Å². The van der Waals surface area contributed by atoms with Crippen LogP contribution in [0.25, 0.3) is 0 Å². The van der Waals surface area contributed by atoms with E-state index < -0.39 is 5.97 Å². The Morgan fingerprint density at radius 1 is 1.37 bits per heavy atom. The highest BCUT2D eigenvalue weighted by atomic mass is 16.5. The number of hydrogen-bond donors (Lipinski definition) is 1. The smallest absolute Gasteiger partial charge is 0.358 e. The zero-order valence-corrected chi connectivity index (χ0v) is 11.0. The molecular weight excluding hydrogens is 244 g/mol. The molecule has 102 valence electrons. The van der Waals surface area contributed by atoms with Gasteiger partial charge in [-0.25, -0.2) is 4.79 Å². The first-order chi connectivity index (χ1) is 9.26. The highest BCUT2D eigenvalue weighted by molar-refractivity contribution is 5.86. The number of carbonyl (C=O) groups is 1. The van der Waals surface area contributed by atoms with Crippen LogP contribution in [0.15, 0.2) is 12.1 Å². The zero-order valence-electron chi connectivity index (χ0n) is 11.0. The number of esters is 1. The first-order valence-electron chi connectivity index (χ1n) is 6.67. The Bertz CT molecular complexity index is 454. The summed E-state index contributed by atoms with van der Waals surface area (Å²) in [6.45, 7) is 3.51. The molecule has 0 amide bonds. The molecule has 0 aliphatic carbocycles. The molecule has 1 unspecified atom stereocenters. The fraction of sp³-hybridized carbons (Fsp3) is 0.615. The van der Waals surface area contributed by atoms with Gasteiger partial charge in [-0.2, -0.15) is 0 Å². The number of piperidine rings is 3. The molecule has 19 heavy (non-hydrogen) atoms. The van der Waals surface area contributed by atoms with E-state index in [1.807, 2.05) is 0 Å². The first kappa shape index (κ1) is 12.3. The molecule has 3 saturated heterocycles. The van der Waals surface area contributed by atoms with Crippen molar-refractivity contribution in [2.24, 2.45) is 5.92 Å². The summed E-state index contributed by atoms with van der Waals surface area (Å²) in [5.74, 6) is 1.00. The van der Waals surface area contributed by atoms with Gasteiger partial charge in [0.2, 0.25) is 0 Å². The van der Waals surface area contributed by atoms with Crippen molar-refractivity contribution in [1.29, 1.82) is 0 Å². The molecule has 1 aromatic heterocycles. The van der Waals surface area contributed by atoms with Crippen molar-refractivity contribution in [2.75, 3.05) is 32.1 Å². The summed E-state index contributed by atoms with van der Waals surface area (Å²) in [5.41, 5.74) is 0.238. The van der Waals surface area contributed by atoms with Crippen molar-refractivity contribution < 1.29 is 9.53 Å². The highest BCUT2D eigenvalue weighted by Crippen LogP contribution is 2.29. The largest absolute Gasteiger partial charge is 0.464 e. The molecule has 0 spiro atoms. The minimum Gasteiger partial charge on any atom is -0.464 e. The number of nitrogens with zero attached hydrogens (tertiary/aromatic N) is 3. The van der Waals surface area contributed by atoms with Gasteiger partial charge in [0.15, 0.2) is 5.69 Å². The minimum absolute atomic E-state index is 0.238. The lowest BCUT2D eigenvalue weighted by molar-refractivity contribution is 0.0592. The van der Waals surface area contributed by atoms with Crippen LogP contribution >= 0.6 is 0 Å². The number of methoxy groups -OCH3 is 1. The summed E-state index contributed by atoms with van der Waals surface area (Å²) in [4.78, 5) is 13.7. The van der Waals surface area contributed by atoms with Gasteiger partial charge in [-0.1, -0.05) is 0 Å². The highest BCUT2D eigenvalue weighted by Gasteiger charge is 2.34. The van der Waals surface area contributed by atoms with Gasteiger partial charge in [-0.05, 0) is 44.0 Å². The summed E-state index contributed by atoms with van der Waals surface area (Å²) in [5, 5.41) is 11.4. The average Bonchev–Trinajstić information content (AvgIpc) is 2.48. The molecule has 2 bridgehead atoms. The third-order valence-corrected chi connectivity index (χ3v) is 4.05. The second-order valence-corrected chi connectivity index (χ2v) is 5.18. The third-order valence-electron chi connectivity index (χ3n) is 4.05. The number of nitrogens with one attached hydrogen (secondary N) is 1. The number of rotatable bonds is 3. The maximum atomic E-state index is 11.3. The Kier molecular flexibility index (Phi) is 3.33. The molecule has 3 aliphatic rings. The van der Waals surface area contributed by atoms with Gasteiger partial charge < -0.3 is 15.0 Å².